The molecule has 1 rings (SSSR count). The molecule has 0 amide bonds. The number of para-hydroxylation sites is 2. The molecule has 0 bridgehead atoms. The number of anilines is 2. The minimum Gasteiger partial charge on any atom is -0.397 e. The van der Waals surface area contributed by atoms with Gasteiger partial charge in [0, 0.05) is 0 Å². The molecule has 50 valence electrons. The molecule has 0 aliphatic rings. The maximum absolute atomic E-state index is 5.39. The first-order chi connectivity index (χ1) is 3.80. The van der Waals surface area contributed by atoms with E-state index in [2.05, 4.69) is 0 Å². The van der Waals surface area contributed by atoms with E-state index in [0.717, 1.165) is 0 Å². The average Bonchev–Trinajstić information content (AvgIpc) is 1.77. The number of benzene rings is 1. The Morgan fingerprint density at radius 2 is 1.22 bits per heavy atom. The summed E-state index contributed by atoms with van der Waals surface area (Å²) >= 11 is 0. The lowest BCUT2D eigenvalue weighted by atomic mass is 10.3. The normalized spacial score (nSPS) is 8.00. The van der Waals surface area contributed by atoms with Crippen LogP contribution < -0.4 is 11.5 Å². The van der Waals surface area contributed by atoms with Crippen LogP contribution in [0.4, 0.5) is 11.4 Å². The van der Waals surface area contributed by atoms with Crippen LogP contribution in [0.5, 0.6) is 0 Å². The molecule has 1 aromatic carbocycles. The van der Waals surface area contributed by atoms with Crippen LogP contribution in [0.1, 0.15) is 0 Å². The fraction of sp³-hybridized carbons (Fsp3) is 0. The third-order valence-electron chi connectivity index (χ3n) is 0.996. The standard InChI is InChI=1S/C6H8N2.H3P/c7-5-3-1-2-4-6(5)8;/h1-4H,7-8H2;1H3. The summed E-state index contributed by atoms with van der Waals surface area (Å²) in [5, 5.41) is 0. The van der Waals surface area contributed by atoms with E-state index in [1.807, 2.05) is 12.1 Å². The van der Waals surface area contributed by atoms with Gasteiger partial charge in [0.15, 0.2) is 0 Å². The Labute approximate surface area is 57.9 Å². The number of hydrogen-bond donors (Lipinski definition) is 2. The maximum Gasteiger partial charge on any atom is 0.0547 e. The number of rotatable bonds is 0. The van der Waals surface area contributed by atoms with E-state index < -0.39 is 0 Å². The van der Waals surface area contributed by atoms with Crippen molar-refractivity contribution in [1.29, 1.82) is 0 Å². The van der Waals surface area contributed by atoms with E-state index in [1.165, 1.54) is 0 Å². The van der Waals surface area contributed by atoms with E-state index in [-0.39, 0.29) is 9.90 Å². The second-order valence-electron chi connectivity index (χ2n) is 1.63. The van der Waals surface area contributed by atoms with Gasteiger partial charge >= 0.3 is 0 Å². The second kappa shape index (κ2) is 3.31. The highest BCUT2D eigenvalue weighted by molar-refractivity contribution is 6.92. The van der Waals surface area contributed by atoms with Crippen molar-refractivity contribution < 1.29 is 0 Å². The lowest BCUT2D eigenvalue weighted by Crippen LogP contribution is -1.91. The highest BCUT2D eigenvalue weighted by atomic mass is 31.0. The molecule has 0 radical (unpaired) electrons. The molecule has 0 aromatic heterocycles. The van der Waals surface area contributed by atoms with Crippen molar-refractivity contribution in [3.8, 4) is 0 Å². The van der Waals surface area contributed by atoms with E-state index >= 15 is 0 Å². The summed E-state index contributed by atoms with van der Waals surface area (Å²) in [7, 11) is 0. The zero-order valence-corrected chi connectivity index (χ0v) is 6.59. The molecule has 1 atom stereocenters. The van der Waals surface area contributed by atoms with E-state index in [4.69, 9.17) is 11.5 Å². The van der Waals surface area contributed by atoms with Gasteiger partial charge in [0.05, 0.1) is 11.4 Å². The summed E-state index contributed by atoms with van der Waals surface area (Å²) < 4.78 is 0. The molecular weight excluding hydrogens is 131 g/mol. The van der Waals surface area contributed by atoms with Crippen molar-refractivity contribution in [3.63, 3.8) is 0 Å². The minimum atomic E-state index is 0. The van der Waals surface area contributed by atoms with Crippen molar-refractivity contribution in [1.82, 2.24) is 0 Å². The van der Waals surface area contributed by atoms with Gasteiger partial charge < -0.3 is 11.5 Å². The van der Waals surface area contributed by atoms with Gasteiger partial charge in [-0.1, -0.05) is 12.1 Å². The summed E-state index contributed by atoms with van der Waals surface area (Å²) in [4.78, 5) is 0. The molecule has 0 spiro atoms. The molecule has 0 fully saturated rings. The van der Waals surface area contributed by atoms with E-state index in [9.17, 15) is 0 Å². The first-order valence-electron chi connectivity index (χ1n) is 2.40. The zero-order valence-electron chi connectivity index (χ0n) is 5.17. The largest absolute Gasteiger partial charge is 0.397 e. The molecule has 0 saturated heterocycles. The molecular formula is C6H11N2P. The number of nitrogens with two attached hydrogens (primary N) is 2. The van der Waals surface area contributed by atoms with Gasteiger partial charge in [0.25, 0.3) is 0 Å². The van der Waals surface area contributed by atoms with Crippen LogP contribution in [0.25, 0.3) is 0 Å². The van der Waals surface area contributed by atoms with Crippen LogP contribution in [0.15, 0.2) is 24.3 Å². The summed E-state index contributed by atoms with van der Waals surface area (Å²) in [6.45, 7) is 0. The lowest BCUT2D eigenvalue weighted by molar-refractivity contribution is 1.67. The Bertz CT molecular complexity index is 167. The molecule has 1 unspecified atom stereocenters. The van der Waals surface area contributed by atoms with Crippen LogP contribution in [-0.2, 0) is 0 Å². The predicted octanol–water partition coefficient (Wildman–Crippen LogP) is 0.909. The summed E-state index contributed by atoms with van der Waals surface area (Å²) in [6, 6.07) is 7.25. The predicted molar refractivity (Wildman–Crippen MR) is 46.4 cm³/mol. The first-order valence-corrected chi connectivity index (χ1v) is 2.40. The highest BCUT2D eigenvalue weighted by Crippen LogP contribution is 2.10. The van der Waals surface area contributed by atoms with Gasteiger partial charge in [-0.15, -0.1) is 0 Å². The molecule has 0 aliphatic carbocycles. The zero-order chi connectivity index (χ0) is 5.98. The Kier molecular flexibility index (Phi) is 3.03. The van der Waals surface area contributed by atoms with Gasteiger partial charge in [-0.2, -0.15) is 9.90 Å². The Hall–Kier alpha value is -0.750. The Morgan fingerprint density at radius 1 is 0.889 bits per heavy atom. The summed E-state index contributed by atoms with van der Waals surface area (Å²) in [5.74, 6) is 0. The Balaban J connectivity index is 0.000000640. The molecule has 4 N–H and O–H groups in total. The van der Waals surface area contributed by atoms with Crippen LogP contribution in [-0.4, -0.2) is 0 Å². The van der Waals surface area contributed by atoms with Crippen molar-refractivity contribution >= 4 is 21.3 Å². The number of nitrogen functional groups attached to an aromatic ring is 2. The van der Waals surface area contributed by atoms with Crippen molar-refractivity contribution in [2.45, 2.75) is 0 Å². The SMILES string of the molecule is Nc1ccccc1N.P. The Morgan fingerprint density at radius 3 is 1.44 bits per heavy atom. The van der Waals surface area contributed by atoms with Crippen LogP contribution >= 0.6 is 9.90 Å². The monoisotopic (exact) mass is 142 g/mol. The molecule has 2 nitrogen and oxygen atoms in total. The lowest BCUT2D eigenvalue weighted by Gasteiger charge is -1.94. The van der Waals surface area contributed by atoms with Crippen LogP contribution in [0.3, 0.4) is 0 Å². The molecule has 1 aromatic rings. The van der Waals surface area contributed by atoms with Gasteiger partial charge in [-0.3, -0.25) is 0 Å². The third-order valence-corrected chi connectivity index (χ3v) is 0.996. The molecule has 0 saturated carbocycles. The van der Waals surface area contributed by atoms with E-state index in [1.54, 1.807) is 12.1 Å². The summed E-state index contributed by atoms with van der Waals surface area (Å²) in [5.41, 5.74) is 12.1. The molecule has 0 aliphatic heterocycles. The van der Waals surface area contributed by atoms with Crippen LogP contribution in [0.2, 0.25) is 0 Å². The van der Waals surface area contributed by atoms with Crippen molar-refractivity contribution in [2.24, 2.45) is 0 Å². The van der Waals surface area contributed by atoms with Crippen molar-refractivity contribution in [2.75, 3.05) is 11.5 Å². The minimum absolute atomic E-state index is 0. The number of hydrogen-bond acceptors (Lipinski definition) is 2. The second-order valence-corrected chi connectivity index (χ2v) is 1.63. The van der Waals surface area contributed by atoms with Gasteiger partial charge in [0.1, 0.15) is 0 Å². The molecule has 3 heteroatoms. The topological polar surface area (TPSA) is 52.0 Å². The van der Waals surface area contributed by atoms with E-state index in [0.29, 0.717) is 11.4 Å². The van der Waals surface area contributed by atoms with Gasteiger partial charge in [-0.05, 0) is 12.1 Å². The fourth-order valence-corrected chi connectivity index (χ4v) is 0.511. The quantitative estimate of drug-likeness (QED) is 0.418. The maximum atomic E-state index is 5.39. The smallest absolute Gasteiger partial charge is 0.0547 e. The molecule has 9 heavy (non-hydrogen) atoms. The average molecular weight is 142 g/mol. The highest BCUT2D eigenvalue weighted by Gasteiger charge is 1.85. The fourth-order valence-electron chi connectivity index (χ4n) is 0.511. The van der Waals surface area contributed by atoms with Crippen molar-refractivity contribution in [3.05, 3.63) is 24.3 Å². The van der Waals surface area contributed by atoms with Gasteiger partial charge in [0.2, 0.25) is 0 Å². The van der Waals surface area contributed by atoms with Crippen LogP contribution in [0, 0.1) is 0 Å². The summed E-state index contributed by atoms with van der Waals surface area (Å²) in [6.07, 6.45) is 0. The molecule has 0 heterocycles. The first kappa shape index (κ1) is 8.25. The van der Waals surface area contributed by atoms with Gasteiger partial charge in [-0.25, -0.2) is 0 Å². The third kappa shape index (κ3) is 1.90.